The van der Waals surface area contributed by atoms with Gasteiger partial charge in [0.25, 0.3) is 5.91 Å². The van der Waals surface area contributed by atoms with Crippen molar-refractivity contribution in [2.45, 2.75) is 31.6 Å². The molecule has 0 aromatic heterocycles. The molecule has 6 heteroatoms. The Labute approximate surface area is 122 Å². The molecule has 1 amide bonds. The van der Waals surface area contributed by atoms with Gasteiger partial charge in [-0.1, -0.05) is 30.3 Å². The predicted molar refractivity (Wildman–Crippen MR) is 77.5 cm³/mol. The van der Waals surface area contributed by atoms with E-state index in [4.69, 9.17) is 4.74 Å². The Balaban J connectivity index is 2.17. The predicted octanol–water partition coefficient (Wildman–Crippen LogP) is 2.06. The summed E-state index contributed by atoms with van der Waals surface area (Å²) in [5, 5.41) is 1.01. The molecule has 1 aliphatic rings. The van der Waals surface area contributed by atoms with Gasteiger partial charge in [-0.3, -0.25) is 4.79 Å². The Hall–Kier alpha value is -1.53. The molecule has 0 aliphatic carbocycles. The second kappa shape index (κ2) is 5.85. The molecule has 1 heterocycles. The van der Waals surface area contributed by atoms with Gasteiger partial charge in [0.05, 0.1) is 6.61 Å². The minimum absolute atomic E-state index is 0.140. The van der Waals surface area contributed by atoms with E-state index in [1.165, 1.54) is 17.0 Å². The van der Waals surface area contributed by atoms with Gasteiger partial charge in [-0.15, -0.1) is 0 Å². The van der Waals surface area contributed by atoms with E-state index in [0.717, 1.165) is 5.56 Å². The molecule has 5 nitrogen and oxygen atoms in total. The zero-order valence-corrected chi connectivity index (χ0v) is 12.6. The minimum Gasteiger partial charge on any atom is -0.464 e. The summed E-state index contributed by atoms with van der Waals surface area (Å²) < 4.78 is 5.03. The number of ether oxygens (including phenoxy) is 1. The number of nitrogens with one attached hydrogen (secondary N) is 1. The van der Waals surface area contributed by atoms with Gasteiger partial charge >= 0.3 is 5.97 Å². The summed E-state index contributed by atoms with van der Waals surface area (Å²) >= 11 is 1.29. The molecule has 20 heavy (non-hydrogen) atoms. The number of esters is 1. The zero-order valence-electron chi connectivity index (χ0n) is 11.8. The number of amides is 1. The van der Waals surface area contributed by atoms with Crippen LogP contribution in [-0.2, 0) is 14.3 Å². The van der Waals surface area contributed by atoms with E-state index in [2.05, 4.69) is 4.83 Å². The smallest absolute Gasteiger partial charge is 0.333 e. The highest BCUT2D eigenvalue weighted by Crippen LogP contribution is 2.37. The summed E-state index contributed by atoms with van der Waals surface area (Å²) in [5.41, 5.74) is -0.124. The van der Waals surface area contributed by atoms with Crippen molar-refractivity contribution in [2.24, 2.45) is 0 Å². The van der Waals surface area contributed by atoms with Gasteiger partial charge in [0, 0.05) is 0 Å². The van der Waals surface area contributed by atoms with Gasteiger partial charge in [-0.05, 0) is 38.3 Å². The van der Waals surface area contributed by atoms with Gasteiger partial charge in [0.2, 0.25) is 0 Å². The summed E-state index contributed by atoms with van der Waals surface area (Å²) in [6.07, 6.45) is 0. The lowest BCUT2D eigenvalue weighted by molar-refractivity contribution is -0.162. The molecule has 1 unspecified atom stereocenters. The molecule has 0 saturated carbocycles. The van der Waals surface area contributed by atoms with E-state index >= 15 is 0 Å². The molecule has 1 fully saturated rings. The third-order valence-corrected chi connectivity index (χ3v) is 4.14. The van der Waals surface area contributed by atoms with Gasteiger partial charge < -0.3 is 4.74 Å². The Kier molecular flexibility index (Phi) is 4.35. The molecule has 1 aromatic carbocycles. The third-order valence-electron chi connectivity index (χ3n) is 3.14. The Morgan fingerprint density at radius 2 is 2.05 bits per heavy atom. The average molecular weight is 294 g/mol. The summed E-state index contributed by atoms with van der Waals surface area (Å²) in [4.78, 5) is 27.4. The number of benzene rings is 1. The first kappa shape index (κ1) is 14.9. The largest absolute Gasteiger partial charge is 0.464 e. The number of rotatable bonds is 4. The van der Waals surface area contributed by atoms with Gasteiger partial charge in [-0.2, -0.15) is 4.83 Å². The molecule has 1 aromatic rings. The van der Waals surface area contributed by atoms with Crippen molar-refractivity contribution >= 4 is 23.8 Å². The van der Waals surface area contributed by atoms with Crippen molar-refractivity contribution in [3.63, 3.8) is 0 Å². The van der Waals surface area contributed by atoms with Crippen LogP contribution in [0.4, 0.5) is 0 Å². The second-order valence-electron chi connectivity index (χ2n) is 4.95. The van der Waals surface area contributed by atoms with E-state index in [9.17, 15) is 9.59 Å². The molecular weight excluding hydrogens is 276 g/mol. The van der Waals surface area contributed by atoms with Crippen LogP contribution in [0.2, 0.25) is 0 Å². The maximum atomic E-state index is 12.5. The van der Waals surface area contributed by atoms with E-state index < -0.39 is 11.5 Å². The fourth-order valence-corrected chi connectivity index (χ4v) is 2.97. The van der Waals surface area contributed by atoms with Crippen molar-refractivity contribution in [3.05, 3.63) is 35.9 Å². The Bertz CT molecular complexity index is 504. The van der Waals surface area contributed by atoms with E-state index in [1.807, 2.05) is 30.3 Å². The maximum Gasteiger partial charge on any atom is 0.333 e. The average Bonchev–Trinajstić information content (AvgIpc) is 2.82. The van der Waals surface area contributed by atoms with Crippen LogP contribution in [0.5, 0.6) is 0 Å². The number of hydrogen-bond acceptors (Lipinski definition) is 5. The molecule has 1 N–H and O–H groups in total. The lowest BCUT2D eigenvalue weighted by Crippen LogP contribution is -2.55. The number of hydrazine groups is 1. The van der Waals surface area contributed by atoms with E-state index in [-0.39, 0.29) is 11.2 Å². The van der Waals surface area contributed by atoms with Crippen LogP contribution in [0, 0.1) is 0 Å². The van der Waals surface area contributed by atoms with Crippen LogP contribution >= 0.6 is 11.9 Å². The maximum absolute atomic E-state index is 12.5. The molecule has 2 rings (SSSR count). The molecule has 0 radical (unpaired) electrons. The number of carbonyl (C=O) groups is 2. The zero-order chi connectivity index (χ0) is 14.8. The first-order valence-corrected chi connectivity index (χ1v) is 7.34. The van der Waals surface area contributed by atoms with E-state index in [1.54, 1.807) is 20.8 Å². The highest BCUT2D eigenvalue weighted by molar-refractivity contribution is 7.98. The molecule has 1 saturated heterocycles. The monoisotopic (exact) mass is 294 g/mol. The quantitative estimate of drug-likeness (QED) is 0.680. The number of carbonyl (C=O) groups excluding carboxylic acids is 2. The van der Waals surface area contributed by atoms with Crippen LogP contribution < -0.4 is 4.83 Å². The van der Waals surface area contributed by atoms with Crippen molar-refractivity contribution in [2.75, 3.05) is 6.61 Å². The molecule has 0 spiro atoms. The Morgan fingerprint density at radius 1 is 1.40 bits per heavy atom. The van der Waals surface area contributed by atoms with Crippen molar-refractivity contribution in [1.82, 2.24) is 9.84 Å². The van der Waals surface area contributed by atoms with Gasteiger partial charge in [0.1, 0.15) is 5.25 Å². The second-order valence-corrected chi connectivity index (χ2v) is 5.84. The summed E-state index contributed by atoms with van der Waals surface area (Å²) in [6.45, 7) is 5.38. The Morgan fingerprint density at radius 3 is 2.65 bits per heavy atom. The van der Waals surface area contributed by atoms with E-state index in [0.29, 0.717) is 6.61 Å². The molecule has 108 valence electrons. The van der Waals surface area contributed by atoms with Crippen LogP contribution in [0.1, 0.15) is 31.6 Å². The molecule has 1 atom stereocenters. The normalized spacial score (nSPS) is 19.2. The fraction of sp³-hybridized carbons (Fsp3) is 0.429. The molecular formula is C14H18N2O3S. The molecule has 1 aliphatic heterocycles. The van der Waals surface area contributed by atoms with Crippen molar-refractivity contribution in [3.8, 4) is 0 Å². The first-order chi connectivity index (χ1) is 9.48. The van der Waals surface area contributed by atoms with Gasteiger partial charge in [-0.25, -0.2) is 9.80 Å². The lowest BCUT2D eigenvalue weighted by atomic mass is 10.0. The summed E-state index contributed by atoms with van der Waals surface area (Å²) in [7, 11) is 0. The standard InChI is InChI=1S/C14H18N2O3S/c1-4-19-13(18)14(2,3)16-12(17)11(20-15-16)10-8-6-5-7-9-10/h5-9,11,15H,4H2,1-3H3. The fourth-order valence-electron chi connectivity index (χ4n) is 1.95. The molecule has 0 bridgehead atoms. The van der Waals surface area contributed by atoms with Crippen LogP contribution in [0.25, 0.3) is 0 Å². The third kappa shape index (κ3) is 2.66. The SMILES string of the molecule is CCOC(=O)C(C)(C)N1NSC(c2ccccc2)C1=O. The highest BCUT2D eigenvalue weighted by atomic mass is 32.2. The lowest BCUT2D eigenvalue weighted by Gasteiger charge is -2.31. The highest BCUT2D eigenvalue weighted by Gasteiger charge is 2.46. The van der Waals surface area contributed by atoms with Crippen LogP contribution in [-0.4, -0.2) is 29.0 Å². The minimum atomic E-state index is -1.04. The van der Waals surface area contributed by atoms with Crippen molar-refractivity contribution < 1.29 is 14.3 Å². The number of nitrogens with zero attached hydrogens (tertiary/aromatic N) is 1. The number of hydrogen-bond donors (Lipinski definition) is 1. The van der Waals surface area contributed by atoms with Crippen LogP contribution in [0.15, 0.2) is 30.3 Å². The topological polar surface area (TPSA) is 58.6 Å². The van der Waals surface area contributed by atoms with Gasteiger partial charge in [0.15, 0.2) is 5.54 Å². The summed E-state index contributed by atoms with van der Waals surface area (Å²) in [6, 6.07) is 9.49. The van der Waals surface area contributed by atoms with Crippen molar-refractivity contribution in [1.29, 1.82) is 0 Å². The summed E-state index contributed by atoms with van der Waals surface area (Å²) in [5.74, 6) is -0.561. The van der Waals surface area contributed by atoms with Crippen LogP contribution in [0.3, 0.4) is 0 Å². The first-order valence-electron chi connectivity index (χ1n) is 6.46.